The molecule has 27 heavy (non-hydrogen) atoms. The Balaban J connectivity index is 1.46. The van der Waals surface area contributed by atoms with E-state index in [0.29, 0.717) is 0 Å². The van der Waals surface area contributed by atoms with Crippen LogP contribution in [0.5, 0.6) is 0 Å². The van der Waals surface area contributed by atoms with Crippen molar-refractivity contribution in [3.05, 3.63) is 71.8 Å². The molecule has 3 aromatic carbocycles. The van der Waals surface area contributed by atoms with Crippen molar-refractivity contribution < 1.29 is 9.59 Å². The summed E-state index contributed by atoms with van der Waals surface area (Å²) in [4.78, 5) is 24.2. The first-order chi connectivity index (χ1) is 13.0. The zero-order valence-corrected chi connectivity index (χ0v) is 16.2. The molecule has 0 saturated heterocycles. The Morgan fingerprint density at radius 1 is 0.815 bits per heavy atom. The molecule has 0 unspecified atom stereocenters. The molecule has 0 aromatic heterocycles. The van der Waals surface area contributed by atoms with E-state index >= 15 is 0 Å². The molecule has 0 spiro atoms. The van der Waals surface area contributed by atoms with E-state index in [4.69, 9.17) is 0 Å². The first kappa shape index (κ1) is 19.0. The van der Waals surface area contributed by atoms with E-state index in [0.717, 1.165) is 33.3 Å². The molecule has 0 aliphatic rings. The fraction of sp³-hybridized carbons (Fsp3) is 0.182. The first-order valence-electron chi connectivity index (χ1n) is 8.75. The molecule has 0 saturated carbocycles. The normalized spacial score (nSPS) is 10.6. The molecule has 0 bridgehead atoms. The lowest BCUT2D eigenvalue weighted by Crippen LogP contribution is -2.18. The summed E-state index contributed by atoms with van der Waals surface area (Å²) in [6.07, 6.45) is 0. The average molecular weight is 378 g/mol. The minimum atomic E-state index is -0.116. The third-order valence-corrected chi connectivity index (χ3v) is 5.09. The van der Waals surface area contributed by atoms with Gasteiger partial charge in [-0.05, 0) is 48.4 Å². The van der Waals surface area contributed by atoms with Crippen LogP contribution in [0, 0.1) is 13.8 Å². The van der Waals surface area contributed by atoms with E-state index in [1.54, 1.807) is 0 Å². The van der Waals surface area contributed by atoms with E-state index in [1.807, 2.05) is 74.5 Å². The third-order valence-electron chi connectivity index (χ3n) is 4.16. The summed E-state index contributed by atoms with van der Waals surface area (Å²) >= 11 is 1.30. The monoisotopic (exact) mass is 378 g/mol. The molecule has 0 radical (unpaired) electrons. The van der Waals surface area contributed by atoms with Crippen molar-refractivity contribution in [3.8, 4) is 0 Å². The molecule has 0 heterocycles. The van der Waals surface area contributed by atoms with Crippen LogP contribution in [0.15, 0.2) is 60.7 Å². The van der Waals surface area contributed by atoms with Crippen LogP contribution in [0.1, 0.15) is 11.1 Å². The van der Waals surface area contributed by atoms with Gasteiger partial charge in [0.15, 0.2) is 0 Å². The molecule has 2 amide bonds. The van der Waals surface area contributed by atoms with Crippen molar-refractivity contribution in [2.75, 3.05) is 22.1 Å². The molecule has 5 heteroatoms. The number of aryl methyl sites for hydroxylation is 2. The number of amides is 2. The molecule has 0 fully saturated rings. The van der Waals surface area contributed by atoms with Crippen molar-refractivity contribution in [3.63, 3.8) is 0 Å². The van der Waals surface area contributed by atoms with Gasteiger partial charge in [0.05, 0.1) is 11.5 Å². The van der Waals surface area contributed by atoms with Crippen molar-refractivity contribution in [2.24, 2.45) is 0 Å². The Bertz CT molecular complexity index is 985. The Labute approximate surface area is 163 Å². The van der Waals surface area contributed by atoms with Crippen LogP contribution in [-0.2, 0) is 9.59 Å². The van der Waals surface area contributed by atoms with Crippen LogP contribution in [0.4, 0.5) is 11.4 Å². The highest BCUT2D eigenvalue weighted by Crippen LogP contribution is 2.19. The third kappa shape index (κ3) is 5.34. The van der Waals surface area contributed by atoms with Gasteiger partial charge in [-0.3, -0.25) is 9.59 Å². The fourth-order valence-corrected chi connectivity index (χ4v) is 3.46. The van der Waals surface area contributed by atoms with Crippen LogP contribution in [0.2, 0.25) is 0 Å². The van der Waals surface area contributed by atoms with E-state index in [2.05, 4.69) is 10.6 Å². The van der Waals surface area contributed by atoms with E-state index < -0.39 is 0 Å². The Kier molecular flexibility index (Phi) is 6.14. The lowest BCUT2D eigenvalue weighted by molar-refractivity contribution is -0.114. The largest absolute Gasteiger partial charge is 0.325 e. The number of nitrogens with one attached hydrogen (secondary N) is 2. The molecule has 0 aliphatic heterocycles. The number of carbonyl (C=O) groups excluding carboxylic acids is 2. The number of thioether (sulfide) groups is 1. The van der Waals surface area contributed by atoms with Gasteiger partial charge in [0.1, 0.15) is 0 Å². The second kappa shape index (κ2) is 8.73. The van der Waals surface area contributed by atoms with Gasteiger partial charge in [-0.2, -0.15) is 0 Å². The standard InChI is InChI=1S/C22H22N2O2S/c1-15-7-10-20(16(2)11-15)24-22(26)14-27-13-21(25)23-19-9-8-17-5-3-4-6-18(17)12-19/h3-12H,13-14H2,1-2H3,(H,23,25)(H,24,26). The minimum absolute atomic E-state index is 0.106. The zero-order valence-electron chi connectivity index (χ0n) is 15.4. The molecular formula is C22H22N2O2S. The summed E-state index contributed by atoms with van der Waals surface area (Å²) in [6, 6.07) is 19.7. The van der Waals surface area contributed by atoms with Crippen LogP contribution >= 0.6 is 11.8 Å². The van der Waals surface area contributed by atoms with Gasteiger partial charge < -0.3 is 10.6 Å². The number of hydrogen-bond donors (Lipinski definition) is 2. The van der Waals surface area contributed by atoms with Gasteiger partial charge in [0, 0.05) is 11.4 Å². The number of anilines is 2. The van der Waals surface area contributed by atoms with E-state index in [1.165, 1.54) is 11.8 Å². The summed E-state index contributed by atoms with van der Waals surface area (Å²) < 4.78 is 0. The number of benzene rings is 3. The van der Waals surface area contributed by atoms with Gasteiger partial charge in [0.25, 0.3) is 0 Å². The van der Waals surface area contributed by atoms with Gasteiger partial charge >= 0.3 is 0 Å². The molecule has 2 N–H and O–H groups in total. The Morgan fingerprint density at radius 2 is 1.52 bits per heavy atom. The SMILES string of the molecule is Cc1ccc(NC(=O)CSCC(=O)Nc2ccc3ccccc3c2)c(C)c1. The average Bonchev–Trinajstić information content (AvgIpc) is 2.64. The molecular weight excluding hydrogens is 356 g/mol. The maximum Gasteiger partial charge on any atom is 0.234 e. The van der Waals surface area contributed by atoms with Crippen LogP contribution < -0.4 is 10.6 Å². The van der Waals surface area contributed by atoms with E-state index in [-0.39, 0.29) is 23.3 Å². The second-order valence-electron chi connectivity index (χ2n) is 6.47. The van der Waals surface area contributed by atoms with E-state index in [9.17, 15) is 9.59 Å². The zero-order chi connectivity index (χ0) is 19.2. The Morgan fingerprint density at radius 3 is 2.26 bits per heavy atom. The predicted molar refractivity (Wildman–Crippen MR) is 114 cm³/mol. The number of hydrogen-bond acceptors (Lipinski definition) is 3. The lowest BCUT2D eigenvalue weighted by Gasteiger charge is -2.09. The number of fused-ring (bicyclic) bond motifs is 1. The topological polar surface area (TPSA) is 58.2 Å². The summed E-state index contributed by atoms with van der Waals surface area (Å²) in [5, 5.41) is 7.98. The maximum atomic E-state index is 12.1. The molecule has 3 rings (SSSR count). The quantitative estimate of drug-likeness (QED) is 0.650. The van der Waals surface area contributed by atoms with Crippen molar-refractivity contribution in [1.29, 1.82) is 0 Å². The summed E-state index contributed by atoms with van der Waals surface area (Å²) in [5.74, 6) is 0.242. The minimum Gasteiger partial charge on any atom is -0.325 e. The highest BCUT2D eigenvalue weighted by atomic mass is 32.2. The van der Waals surface area contributed by atoms with Crippen LogP contribution in [-0.4, -0.2) is 23.3 Å². The predicted octanol–water partition coefficient (Wildman–Crippen LogP) is 4.77. The molecule has 4 nitrogen and oxygen atoms in total. The number of carbonyl (C=O) groups is 2. The molecule has 3 aromatic rings. The van der Waals surface area contributed by atoms with Gasteiger partial charge in [-0.15, -0.1) is 11.8 Å². The van der Waals surface area contributed by atoms with Gasteiger partial charge in [0.2, 0.25) is 11.8 Å². The second-order valence-corrected chi connectivity index (χ2v) is 7.46. The van der Waals surface area contributed by atoms with Gasteiger partial charge in [-0.1, -0.05) is 48.0 Å². The molecule has 138 valence electrons. The highest BCUT2D eigenvalue weighted by molar-refractivity contribution is 8.00. The van der Waals surface area contributed by atoms with Crippen LogP contribution in [0.25, 0.3) is 10.8 Å². The van der Waals surface area contributed by atoms with Crippen LogP contribution in [0.3, 0.4) is 0 Å². The molecule has 0 atom stereocenters. The fourth-order valence-electron chi connectivity index (χ4n) is 2.84. The van der Waals surface area contributed by atoms with Gasteiger partial charge in [-0.25, -0.2) is 0 Å². The molecule has 0 aliphatic carbocycles. The lowest BCUT2D eigenvalue weighted by atomic mass is 10.1. The smallest absolute Gasteiger partial charge is 0.234 e. The first-order valence-corrected chi connectivity index (χ1v) is 9.90. The summed E-state index contributed by atoms with van der Waals surface area (Å²) in [6.45, 7) is 3.98. The van der Waals surface area contributed by atoms with Crippen molar-refractivity contribution >= 4 is 45.7 Å². The highest BCUT2D eigenvalue weighted by Gasteiger charge is 2.08. The summed E-state index contributed by atoms with van der Waals surface area (Å²) in [5.41, 5.74) is 3.76. The van der Waals surface area contributed by atoms with Crippen molar-refractivity contribution in [1.82, 2.24) is 0 Å². The Hall–Kier alpha value is -2.79. The number of rotatable bonds is 6. The maximum absolute atomic E-state index is 12.1. The summed E-state index contributed by atoms with van der Waals surface area (Å²) in [7, 11) is 0. The van der Waals surface area contributed by atoms with Crippen molar-refractivity contribution in [2.45, 2.75) is 13.8 Å².